The molecule has 0 aliphatic heterocycles. The number of rotatable bonds is 5. The summed E-state index contributed by atoms with van der Waals surface area (Å²) in [5.41, 5.74) is 1.96. The summed E-state index contributed by atoms with van der Waals surface area (Å²) < 4.78 is 20.8. The monoisotopic (exact) mass is 436 g/mol. The van der Waals surface area contributed by atoms with Crippen molar-refractivity contribution in [2.45, 2.75) is 0 Å². The van der Waals surface area contributed by atoms with Gasteiger partial charge in [-0.2, -0.15) is 0 Å². The minimum Gasteiger partial charge on any atom is -0.496 e. The van der Waals surface area contributed by atoms with E-state index < -0.39 is 11.4 Å². The Morgan fingerprint density at radius 1 is 1.06 bits per heavy atom. The van der Waals surface area contributed by atoms with Crippen molar-refractivity contribution in [1.29, 1.82) is 0 Å². The molecule has 0 aliphatic carbocycles. The zero-order valence-electron chi connectivity index (χ0n) is 16.1. The van der Waals surface area contributed by atoms with E-state index in [0.717, 1.165) is 0 Å². The topological polar surface area (TPSA) is 77.7 Å². The van der Waals surface area contributed by atoms with E-state index in [0.29, 0.717) is 45.5 Å². The number of pyridine rings is 1. The van der Waals surface area contributed by atoms with E-state index in [-0.39, 0.29) is 16.9 Å². The molecule has 4 rings (SSSR count). The van der Waals surface area contributed by atoms with Gasteiger partial charge in [-0.15, -0.1) is 0 Å². The lowest BCUT2D eigenvalue weighted by molar-refractivity contribution is 0.111. The van der Waals surface area contributed by atoms with Crippen molar-refractivity contribution >= 4 is 29.8 Å². The van der Waals surface area contributed by atoms with Crippen molar-refractivity contribution in [3.05, 3.63) is 87.2 Å². The van der Waals surface area contributed by atoms with Crippen molar-refractivity contribution in [1.82, 2.24) is 9.38 Å². The number of halogens is 2. The number of nitrogens with zero attached hydrogens (tertiary/aromatic N) is 2. The summed E-state index contributed by atoms with van der Waals surface area (Å²) in [6.07, 6.45) is 3.59. The molecule has 0 aliphatic rings. The summed E-state index contributed by atoms with van der Waals surface area (Å²) in [5, 5.41) is 0.346. The third kappa shape index (κ3) is 3.49. The fourth-order valence-corrected chi connectivity index (χ4v) is 3.69. The van der Waals surface area contributed by atoms with Crippen molar-refractivity contribution in [2.24, 2.45) is 0 Å². The van der Waals surface area contributed by atoms with E-state index in [4.69, 9.17) is 16.3 Å². The maximum Gasteiger partial charge on any atom is 0.268 e. The normalized spacial score (nSPS) is 10.8. The van der Waals surface area contributed by atoms with Crippen LogP contribution in [-0.4, -0.2) is 29.1 Å². The lowest BCUT2D eigenvalue weighted by atomic mass is 9.98. The Kier molecular flexibility index (Phi) is 5.35. The smallest absolute Gasteiger partial charge is 0.268 e. The Morgan fingerprint density at radius 3 is 2.48 bits per heavy atom. The van der Waals surface area contributed by atoms with E-state index in [1.165, 1.54) is 30.0 Å². The summed E-state index contributed by atoms with van der Waals surface area (Å²) in [4.78, 5) is 38.5. The highest BCUT2D eigenvalue weighted by Crippen LogP contribution is 2.38. The average molecular weight is 437 g/mol. The van der Waals surface area contributed by atoms with Crippen LogP contribution in [0.2, 0.25) is 5.02 Å². The number of benzene rings is 2. The number of aromatic nitrogens is 2. The number of fused-ring (bicyclic) bond motifs is 1. The number of carbonyl (C=O) groups excluding carboxylic acids is 2. The molecule has 0 radical (unpaired) electrons. The molecule has 154 valence electrons. The zero-order valence-corrected chi connectivity index (χ0v) is 16.9. The minimum absolute atomic E-state index is 0.0416. The van der Waals surface area contributed by atoms with E-state index in [9.17, 15) is 18.8 Å². The van der Waals surface area contributed by atoms with Gasteiger partial charge in [-0.1, -0.05) is 29.8 Å². The van der Waals surface area contributed by atoms with Crippen LogP contribution in [-0.2, 0) is 0 Å². The van der Waals surface area contributed by atoms with Crippen LogP contribution in [0.1, 0.15) is 20.7 Å². The Labute approximate surface area is 180 Å². The van der Waals surface area contributed by atoms with Gasteiger partial charge < -0.3 is 4.74 Å². The molecule has 0 spiro atoms. The number of aldehydes is 2. The maximum absolute atomic E-state index is 14.4. The molecule has 0 bridgehead atoms. The van der Waals surface area contributed by atoms with Gasteiger partial charge in [-0.05, 0) is 35.4 Å². The van der Waals surface area contributed by atoms with Crippen LogP contribution >= 0.6 is 11.6 Å². The van der Waals surface area contributed by atoms with Crippen molar-refractivity contribution in [3.63, 3.8) is 0 Å². The van der Waals surface area contributed by atoms with Crippen LogP contribution in [0.3, 0.4) is 0 Å². The summed E-state index contributed by atoms with van der Waals surface area (Å²) in [6.45, 7) is 0. The van der Waals surface area contributed by atoms with Gasteiger partial charge in [0, 0.05) is 23.5 Å². The van der Waals surface area contributed by atoms with Crippen LogP contribution in [0, 0.1) is 5.82 Å². The first-order valence-corrected chi connectivity index (χ1v) is 9.45. The Bertz CT molecular complexity index is 1420. The second-order valence-electron chi connectivity index (χ2n) is 6.64. The predicted molar refractivity (Wildman–Crippen MR) is 115 cm³/mol. The molecule has 31 heavy (non-hydrogen) atoms. The summed E-state index contributed by atoms with van der Waals surface area (Å²) >= 11 is 6.66. The highest BCUT2D eigenvalue weighted by Gasteiger charge is 2.16. The molecule has 0 atom stereocenters. The molecule has 0 amide bonds. The van der Waals surface area contributed by atoms with Gasteiger partial charge in [0.1, 0.15) is 17.2 Å². The second kappa shape index (κ2) is 8.12. The second-order valence-corrected chi connectivity index (χ2v) is 7.02. The standard InChI is InChI=1S/C23H14ClFN2O4/c1-31-20-8-14(7-19(25)18(20)12-29)17-4-2-3-16(22(17)24)13-5-6-27-21(9-13)26-10-15(11-28)23(27)30/h2-12H,1H3. The van der Waals surface area contributed by atoms with Gasteiger partial charge >= 0.3 is 0 Å². The van der Waals surface area contributed by atoms with Crippen LogP contribution < -0.4 is 10.3 Å². The van der Waals surface area contributed by atoms with E-state index >= 15 is 0 Å². The molecule has 0 N–H and O–H groups in total. The van der Waals surface area contributed by atoms with Crippen molar-refractivity contribution in [2.75, 3.05) is 7.11 Å². The lowest BCUT2D eigenvalue weighted by Crippen LogP contribution is -2.18. The molecule has 0 saturated carbocycles. The SMILES string of the molecule is COc1cc(-c2cccc(-c3ccn4c(=O)c(C=O)cnc4c3)c2Cl)cc(F)c1C=O. The van der Waals surface area contributed by atoms with E-state index in [1.54, 1.807) is 36.4 Å². The first kappa shape index (κ1) is 20.4. The Balaban J connectivity index is 1.87. The van der Waals surface area contributed by atoms with Gasteiger partial charge in [0.2, 0.25) is 0 Å². The number of hydrogen-bond acceptors (Lipinski definition) is 5. The number of hydrogen-bond donors (Lipinski definition) is 0. The fourth-order valence-electron chi connectivity index (χ4n) is 3.35. The van der Waals surface area contributed by atoms with Gasteiger partial charge in [-0.25, -0.2) is 9.37 Å². The third-order valence-electron chi connectivity index (χ3n) is 4.91. The van der Waals surface area contributed by atoms with Crippen molar-refractivity contribution in [3.8, 4) is 28.0 Å². The van der Waals surface area contributed by atoms with Crippen LogP contribution in [0.15, 0.2) is 59.7 Å². The zero-order chi connectivity index (χ0) is 22.1. The molecule has 2 aromatic carbocycles. The first-order chi connectivity index (χ1) is 15.0. The lowest BCUT2D eigenvalue weighted by Gasteiger charge is -2.13. The third-order valence-corrected chi connectivity index (χ3v) is 5.32. The summed E-state index contributed by atoms with van der Waals surface area (Å²) in [5.74, 6) is -0.613. The molecule has 8 heteroatoms. The van der Waals surface area contributed by atoms with E-state index in [1.807, 2.05) is 0 Å². The average Bonchev–Trinajstić information content (AvgIpc) is 2.78. The van der Waals surface area contributed by atoms with Crippen molar-refractivity contribution < 1.29 is 18.7 Å². The van der Waals surface area contributed by atoms with Gasteiger partial charge in [0.05, 0.1) is 23.3 Å². The minimum atomic E-state index is -0.717. The highest BCUT2D eigenvalue weighted by molar-refractivity contribution is 6.36. The number of carbonyl (C=O) groups is 2. The van der Waals surface area contributed by atoms with E-state index in [2.05, 4.69) is 4.98 Å². The predicted octanol–water partition coefficient (Wildman–Crippen LogP) is 4.45. The van der Waals surface area contributed by atoms with Gasteiger partial charge in [-0.3, -0.25) is 18.8 Å². The molecule has 2 aromatic heterocycles. The molecule has 0 saturated heterocycles. The first-order valence-electron chi connectivity index (χ1n) is 9.07. The van der Waals surface area contributed by atoms with Crippen LogP contribution in [0.25, 0.3) is 27.9 Å². The number of ether oxygens (including phenoxy) is 1. The maximum atomic E-state index is 14.4. The van der Waals surface area contributed by atoms with Crippen LogP contribution in [0.4, 0.5) is 4.39 Å². The summed E-state index contributed by atoms with van der Waals surface area (Å²) in [6, 6.07) is 11.4. The molecular weight excluding hydrogens is 423 g/mol. The molecular formula is C23H14ClFN2O4. The van der Waals surface area contributed by atoms with Gasteiger partial charge in [0.25, 0.3) is 5.56 Å². The van der Waals surface area contributed by atoms with Crippen LogP contribution in [0.5, 0.6) is 5.75 Å². The number of methoxy groups -OCH3 is 1. The Hall–Kier alpha value is -3.84. The summed E-state index contributed by atoms with van der Waals surface area (Å²) in [7, 11) is 1.35. The fraction of sp³-hybridized carbons (Fsp3) is 0.0435. The highest BCUT2D eigenvalue weighted by atomic mass is 35.5. The molecule has 2 heterocycles. The molecule has 0 fully saturated rings. The molecule has 4 aromatic rings. The largest absolute Gasteiger partial charge is 0.496 e. The van der Waals surface area contributed by atoms with Gasteiger partial charge in [0.15, 0.2) is 12.6 Å². The Morgan fingerprint density at radius 2 is 1.81 bits per heavy atom. The molecule has 0 unspecified atom stereocenters. The molecule has 6 nitrogen and oxygen atoms in total. The quantitative estimate of drug-likeness (QED) is 0.432.